The molecule has 0 aromatic heterocycles. The van der Waals surface area contributed by atoms with Gasteiger partial charge in [-0.1, -0.05) is 104 Å². The molecule has 3 aliphatic heterocycles. The van der Waals surface area contributed by atoms with E-state index in [1.54, 1.807) is 0 Å². The summed E-state index contributed by atoms with van der Waals surface area (Å²) >= 11 is 0. The fraction of sp³-hybridized carbons (Fsp3) is 0.577. The van der Waals surface area contributed by atoms with Crippen LogP contribution in [0.1, 0.15) is 147 Å². The van der Waals surface area contributed by atoms with E-state index in [1.807, 2.05) is 78.8 Å². The summed E-state index contributed by atoms with van der Waals surface area (Å²) in [5, 5.41) is 19.7. The number of carbonyl (C=O) groups is 2. The summed E-state index contributed by atoms with van der Waals surface area (Å²) in [6.45, 7) is 20.0. The molecule has 3 heterocycles. The average molecular weight is 839 g/mol. The Kier molecular flexibility index (Phi) is 15.0. The lowest BCUT2D eigenvalue weighted by atomic mass is 9.93. The van der Waals surface area contributed by atoms with E-state index in [0.29, 0.717) is 23.1 Å². The molecule has 2 aliphatic carbocycles. The Bertz CT molecular complexity index is 2000. The maximum atomic E-state index is 13.2. The summed E-state index contributed by atoms with van der Waals surface area (Å²) in [6.07, 6.45) is 23.6. The van der Waals surface area contributed by atoms with Crippen molar-refractivity contribution in [2.24, 2.45) is 23.7 Å². The number of fused-ring (bicyclic) bond motifs is 3. The summed E-state index contributed by atoms with van der Waals surface area (Å²) < 4.78 is 30.9. The van der Waals surface area contributed by atoms with Gasteiger partial charge in [-0.3, -0.25) is 0 Å². The Morgan fingerprint density at radius 1 is 0.869 bits per heavy atom. The Morgan fingerprint density at radius 2 is 1.57 bits per heavy atom. The van der Waals surface area contributed by atoms with Crippen LogP contribution >= 0.6 is 0 Å². The van der Waals surface area contributed by atoms with Crippen LogP contribution in [0.5, 0.6) is 0 Å². The molecule has 4 fully saturated rings. The molecular formula is C52H70O9. The highest BCUT2D eigenvalue weighted by molar-refractivity contribution is 5.95. The number of carboxylic acid groups (broad SMARTS) is 1. The van der Waals surface area contributed by atoms with E-state index in [2.05, 4.69) is 63.3 Å². The lowest BCUT2D eigenvalue weighted by Gasteiger charge is -2.23. The second kappa shape index (κ2) is 19.7. The van der Waals surface area contributed by atoms with Gasteiger partial charge < -0.3 is 33.9 Å². The number of hydrogen-bond acceptors (Lipinski definition) is 8. The van der Waals surface area contributed by atoms with Crippen molar-refractivity contribution >= 4 is 24.1 Å². The van der Waals surface area contributed by atoms with Crippen molar-refractivity contribution in [1.29, 1.82) is 0 Å². The van der Waals surface area contributed by atoms with Crippen molar-refractivity contribution in [2.45, 2.75) is 169 Å². The van der Waals surface area contributed by atoms with E-state index in [4.69, 9.17) is 23.7 Å². The molecule has 0 radical (unpaired) electrons. The van der Waals surface area contributed by atoms with Crippen LogP contribution in [0, 0.1) is 51.4 Å². The van der Waals surface area contributed by atoms with Gasteiger partial charge in [-0.2, -0.15) is 0 Å². The Balaban J connectivity index is 0.000000204. The van der Waals surface area contributed by atoms with Crippen molar-refractivity contribution in [3.05, 3.63) is 105 Å². The molecule has 2 aromatic rings. The molecule has 61 heavy (non-hydrogen) atoms. The minimum absolute atomic E-state index is 0.00459. The molecule has 5 aliphatic rings. The quantitative estimate of drug-likeness (QED) is 0.207. The average Bonchev–Trinajstić information content (AvgIpc) is 3.93. The molecule has 0 bridgehead atoms. The predicted molar refractivity (Wildman–Crippen MR) is 240 cm³/mol. The monoisotopic (exact) mass is 839 g/mol. The van der Waals surface area contributed by atoms with Crippen LogP contribution in [0.15, 0.2) is 60.7 Å². The maximum Gasteiger partial charge on any atom is 0.339 e. The SMILES string of the molecule is Cc1cc(C)c(C(=O)O)c(/C=C/C[C@@H]2OC(C)(C)O[C@@H]2C(C)/C=C\[C@@H]2CCC[C@H]2O)c1.Cc1cc(C)c2c(c1)/C=C/C[C@@H]1OC(C)(C)O[C@@H]1C(C)/C=C\[C@@H]1CCC[C@@H]1OC2=O. The van der Waals surface area contributed by atoms with Gasteiger partial charge in [-0.05, 0) is 123 Å². The fourth-order valence-electron chi connectivity index (χ4n) is 10.0. The van der Waals surface area contributed by atoms with Gasteiger partial charge in [0.25, 0.3) is 0 Å². The Morgan fingerprint density at radius 3 is 2.30 bits per heavy atom. The van der Waals surface area contributed by atoms with E-state index in [1.165, 1.54) is 0 Å². The molecule has 0 spiro atoms. The van der Waals surface area contributed by atoms with Crippen molar-refractivity contribution in [3.8, 4) is 0 Å². The first kappa shape index (κ1) is 46.6. The summed E-state index contributed by atoms with van der Waals surface area (Å²) in [7, 11) is 0. The summed E-state index contributed by atoms with van der Waals surface area (Å²) in [5.41, 5.74) is 6.55. The first-order valence-corrected chi connectivity index (χ1v) is 22.6. The number of esters is 1. The van der Waals surface area contributed by atoms with Gasteiger partial charge in [-0.15, -0.1) is 0 Å². The third kappa shape index (κ3) is 11.8. The first-order chi connectivity index (χ1) is 28.8. The van der Waals surface area contributed by atoms with Gasteiger partial charge in [-0.25, -0.2) is 9.59 Å². The smallest absolute Gasteiger partial charge is 0.339 e. The highest BCUT2D eigenvalue weighted by atomic mass is 16.8. The third-order valence-electron chi connectivity index (χ3n) is 12.9. The molecule has 2 unspecified atom stereocenters. The van der Waals surface area contributed by atoms with E-state index in [-0.39, 0.29) is 66.3 Å². The first-order valence-electron chi connectivity index (χ1n) is 22.6. The third-order valence-corrected chi connectivity index (χ3v) is 12.9. The molecule has 2 aromatic carbocycles. The van der Waals surface area contributed by atoms with Gasteiger partial charge in [0, 0.05) is 23.7 Å². The number of rotatable bonds is 7. The number of carbonyl (C=O) groups excluding carboxylic acids is 1. The molecule has 9 heteroatoms. The van der Waals surface area contributed by atoms with E-state index < -0.39 is 17.5 Å². The van der Waals surface area contributed by atoms with Crippen LogP contribution in [0.3, 0.4) is 0 Å². The summed E-state index contributed by atoms with van der Waals surface area (Å²) in [5.74, 6) is -1.51. The van der Waals surface area contributed by atoms with Gasteiger partial charge in [0.15, 0.2) is 11.6 Å². The topological polar surface area (TPSA) is 121 Å². The Labute approximate surface area is 364 Å². The number of benzene rings is 2. The van der Waals surface area contributed by atoms with Gasteiger partial charge in [0.2, 0.25) is 0 Å². The van der Waals surface area contributed by atoms with Crippen LogP contribution in [0.4, 0.5) is 0 Å². The molecule has 9 nitrogen and oxygen atoms in total. The predicted octanol–water partition coefficient (Wildman–Crippen LogP) is 11.0. The number of aliphatic hydroxyl groups excluding tert-OH is 1. The number of aromatic carboxylic acids is 1. The number of aryl methyl sites for hydroxylation is 4. The molecule has 2 saturated heterocycles. The van der Waals surface area contributed by atoms with Crippen LogP contribution in [-0.2, 0) is 23.7 Å². The van der Waals surface area contributed by atoms with Gasteiger partial charge in [0.1, 0.15) is 6.10 Å². The summed E-state index contributed by atoms with van der Waals surface area (Å²) in [4.78, 5) is 24.9. The van der Waals surface area contributed by atoms with Gasteiger partial charge >= 0.3 is 11.9 Å². The molecule has 332 valence electrons. The van der Waals surface area contributed by atoms with Crippen LogP contribution in [0.2, 0.25) is 0 Å². The minimum atomic E-state index is -0.913. The van der Waals surface area contributed by atoms with Crippen molar-refractivity contribution in [3.63, 3.8) is 0 Å². The zero-order valence-electron chi connectivity index (χ0n) is 38.1. The fourth-order valence-corrected chi connectivity index (χ4v) is 10.0. The standard InChI is InChI=1S/C26H36O5.C26H34O4/c1-16-14-18(3)23(25(28)29)20(15-16)9-7-11-22-24(31-26(4,5)30-22)17(2)12-13-19-8-6-10-21(19)27;1-16-14-18(3)23-20(15-16)9-7-11-22-24(30-26(4,5)29-22)17(2)12-13-19-8-6-10-21(19)28-25(23)27/h7,9,12-15,17,19,21-22,24,27H,6,8,10-11H2,1-5H3,(H,28,29);7,9,12-15,17,19,21-22,24H,6,8,10-11H2,1-5H3/b2*9-7+,13-12-/t17?,19-,21+,22-,24+;17?,19-,21-,22-,24+/m00/s1. The van der Waals surface area contributed by atoms with E-state index in [0.717, 1.165) is 72.8 Å². The number of carboxylic acids is 1. The normalized spacial score (nSPS) is 32.3. The van der Waals surface area contributed by atoms with Crippen LogP contribution < -0.4 is 0 Å². The van der Waals surface area contributed by atoms with Crippen LogP contribution in [0.25, 0.3) is 12.2 Å². The maximum absolute atomic E-state index is 13.2. The summed E-state index contributed by atoms with van der Waals surface area (Å²) in [6, 6.07) is 7.91. The zero-order chi connectivity index (χ0) is 44.2. The molecular weight excluding hydrogens is 769 g/mol. The highest BCUT2D eigenvalue weighted by Gasteiger charge is 2.44. The number of aliphatic hydroxyl groups is 1. The van der Waals surface area contributed by atoms with Crippen molar-refractivity contribution < 1.29 is 43.5 Å². The molecule has 10 atom stereocenters. The number of ether oxygens (including phenoxy) is 5. The second-order valence-corrected chi connectivity index (χ2v) is 19.1. The molecule has 0 amide bonds. The highest BCUT2D eigenvalue weighted by Crippen LogP contribution is 2.38. The van der Waals surface area contributed by atoms with Crippen LogP contribution in [-0.4, -0.2) is 70.3 Å². The molecule has 2 N–H and O–H groups in total. The molecule has 2 saturated carbocycles. The lowest BCUT2D eigenvalue weighted by molar-refractivity contribution is -0.148. The Hall–Kier alpha value is -3.86. The van der Waals surface area contributed by atoms with Crippen molar-refractivity contribution in [2.75, 3.05) is 0 Å². The molecule has 7 rings (SSSR count). The van der Waals surface area contributed by atoms with Crippen molar-refractivity contribution in [1.82, 2.24) is 0 Å². The minimum Gasteiger partial charge on any atom is -0.478 e. The zero-order valence-corrected chi connectivity index (χ0v) is 38.1. The van der Waals surface area contributed by atoms with E-state index in [9.17, 15) is 19.8 Å². The number of hydrogen-bond donors (Lipinski definition) is 2. The largest absolute Gasteiger partial charge is 0.478 e. The second-order valence-electron chi connectivity index (χ2n) is 19.1. The lowest BCUT2D eigenvalue weighted by Crippen LogP contribution is -2.29. The van der Waals surface area contributed by atoms with E-state index >= 15 is 0 Å². The van der Waals surface area contributed by atoms with Gasteiger partial charge in [0.05, 0.1) is 41.6 Å².